The Morgan fingerprint density at radius 2 is 1.81 bits per heavy atom. The van der Waals surface area contributed by atoms with Crippen LogP contribution in [0.5, 0.6) is 5.75 Å². The van der Waals surface area contributed by atoms with Crippen molar-refractivity contribution in [1.82, 2.24) is 19.6 Å². The fraction of sp³-hybridized carbons (Fsp3) is 0.217. The maximum Gasteiger partial charge on any atom is 0.295 e. The Morgan fingerprint density at radius 3 is 2.52 bits per heavy atom. The normalized spacial score (nSPS) is 12.0. The van der Waals surface area contributed by atoms with E-state index in [2.05, 4.69) is 15.5 Å². The van der Waals surface area contributed by atoms with Crippen molar-refractivity contribution in [3.63, 3.8) is 0 Å². The second kappa shape index (κ2) is 8.06. The van der Waals surface area contributed by atoms with Gasteiger partial charge in [0, 0.05) is 11.8 Å². The smallest absolute Gasteiger partial charge is 0.295 e. The van der Waals surface area contributed by atoms with Crippen LogP contribution in [0.2, 0.25) is 0 Å². The van der Waals surface area contributed by atoms with Crippen molar-refractivity contribution in [3.8, 4) is 11.4 Å². The molecule has 0 bridgehead atoms. The molecule has 0 saturated carbocycles. The van der Waals surface area contributed by atoms with Crippen LogP contribution in [0.3, 0.4) is 0 Å². The van der Waals surface area contributed by atoms with Gasteiger partial charge in [0.2, 0.25) is 5.91 Å². The highest BCUT2D eigenvalue weighted by molar-refractivity contribution is 5.94. The first-order valence-electron chi connectivity index (χ1n) is 9.89. The lowest BCUT2D eigenvalue weighted by Gasteiger charge is -2.15. The number of aromatic nitrogens is 4. The van der Waals surface area contributed by atoms with Crippen molar-refractivity contribution < 1.29 is 9.53 Å². The van der Waals surface area contributed by atoms with E-state index in [4.69, 9.17) is 4.74 Å². The number of anilines is 1. The van der Waals surface area contributed by atoms with E-state index in [-0.39, 0.29) is 11.4 Å². The van der Waals surface area contributed by atoms with Gasteiger partial charge in [-0.05, 0) is 45.0 Å². The lowest BCUT2D eigenvalue weighted by molar-refractivity contribution is -0.119. The van der Waals surface area contributed by atoms with Crippen molar-refractivity contribution in [3.05, 3.63) is 76.3 Å². The quantitative estimate of drug-likeness (QED) is 0.537. The Hall–Kier alpha value is -3.94. The van der Waals surface area contributed by atoms with Crippen molar-refractivity contribution >= 4 is 22.5 Å². The van der Waals surface area contributed by atoms with Gasteiger partial charge in [-0.15, -0.1) is 0 Å². The zero-order chi connectivity index (χ0) is 22.1. The van der Waals surface area contributed by atoms with Crippen LogP contribution in [-0.2, 0) is 4.79 Å². The highest BCUT2D eigenvalue weighted by Gasteiger charge is 2.23. The number of nitrogens with zero attached hydrogens (tertiary/aromatic N) is 4. The molecular weight excluding hydrogens is 394 g/mol. The Bertz CT molecular complexity index is 1320. The third-order valence-electron chi connectivity index (χ3n) is 5.23. The number of aryl methyl sites for hydroxylation is 2. The molecule has 1 N–H and O–H groups in total. The Labute approximate surface area is 179 Å². The van der Waals surface area contributed by atoms with E-state index >= 15 is 0 Å². The van der Waals surface area contributed by atoms with Gasteiger partial charge < -0.3 is 10.1 Å². The van der Waals surface area contributed by atoms with Gasteiger partial charge in [-0.1, -0.05) is 24.3 Å². The molecule has 0 aliphatic carbocycles. The van der Waals surface area contributed by atoms with E-state index in [0.717, 1.165) is 11.4 Å². The highest BCUT2D eigenvalue weighted by atomic mass is 16.5. The Balaban J connectivity index is 1.73. The van der Waals surface area contributed by atoms with Crippen LogP contribution in [0.4, 0.5) is 5.69 Å². The van der Waals surface area contributed by atoms with Crippen LogP contribution in [-0.4, -0.2) is 32.6 Å². The molecule has 4 rings (SSSR count). The molecular formula is C23H23N5O3. The Kier molecular flexibility index (Phi) is 5.29. The molecule has 2 aromatic carbocycles. The molecule has 0 fully saturated rings. The SMILES string of the molecule is COc1cccc(NC(=O)C(C)n2nc(C)c3c(C)n(-c4ccccc4)nc3c2=O)c1. The maximum atomic E-state index is 13.2. The number of para-hydroxylation sites is 1. The number of rotatable bonds is 5. The number of fused-ring (bicyclic) bond motifs is 1. The molecule has 0 aliphatic rings. The number of ether oxygens (including phenoxy) is 1. The number of carbonyl (C=O) groups excluding carboxylic acids is 1. The van der Waals surface area contributed by atoms with E-state index in [1.165, 1.54) is 4.68 Å². The van der Waals surface area contributed by atoms with Crippen LogP contribution < -0.4 is 15.6 Å². The van der Waals surface area contributed by atoms with Gasteiger partial charge in [-0.2, -0.15) is 10.2 Å². The molecule has 31 heavy (non-hydrogen) atoms. The number of nitrogens with one attached hydrogen (secondary N) is 1. The van der Waals surface area contributed by atoms with E-state index in [9.17, 15) is 9.59 Å². The van der Waals surface area contributed by atoms with E-state index in [1.54, 1.807) is 43.0 Å². The molecule has 4 aromatic rings. The van der Waals surface area contributed by atoms with Gasteiger partial charge in [0.15, 0.2) is 5.52 Å². The molecule has 0 spiro atoms. The van der Waals surface area contributed by atoms with Crippen LogP contribution >= 0.6 is 0 Å². The first kappa shape index (κ1) is 20.3. The topological polar surface area (TPSA) is 91.0 Å². The Morgan fingerprint density at radius 1 is 1.06 bits per heavy atom. The molecule has 0 saturated heterocycles. The third-order valence-corrected chi connectivity index (χ3v) is 5.23. The summed E-state index contributed by atoms with van der Waals surface area (Å²) in [5.74, 6) is 0.265. The summed E-state index contributed by atoms with van der Waals surface area (Å²) in [7, 11) is 1.56. The fourth-order valence-corrected chi connectivity index (χ4v) is 3.59. The summed E-state index contributed by atoms with van der Waals surface area (Å²) in [6, 6.07) is 15.8. The number of hydrogen-bond acceptors (Lipinski definition) is 5. The van der Waals surface area contributed by atoms with E-state index in [1.807, 2.05) is 44.2 Å². The minimum absolute atomic E-state index is 0.287. The molecule has 1 unspecified atom stereocenters. The predicted octanol–water partition coefficient (Wildman–Crippen LogP) is 3.41. The van der Waals surface area contributed by atoms with Gasteiger partial charge in [0.1, 0.15) is 11.8 Å². The number of carbonyl (C=O) groups is 1. The molecule has 158 valence electrons. The zero-order valence-corrected chi connectivity index (χ0v) is 17.8. The summed E-state index contributed by atoms with van der Waals surface area (Å²) < 4.78 is 8.10. The highest BCUT2D eigenvalue weighted by Crippen LogP contribution is 2.22. The van der Waals surface area contributed by atoms with E-state index < -0.39 is 11.6 Å². The van der Waals surface area contributed by atoms with Gasteiger partial charge in [-0.25, -0.2) is 9.36 Å². The second-order valence-corrected chi connectivity index (χ2v) is 7.29. The molecule has 8 heteroatoms. The average molecular weight is 417 g/mol. The van der Waals surface area contributed by atoms with Crippen LogP contribution in [0.25, 0.3) is 16.6 Å². The van der Waals surface area contributed by atoms with Crippen molar-refractivity contribution in [2.45, 2.75) is 26.8 Å². The summed E-state index contributed by atoms with van der Waals surface area (Å²) in [6.45, 7) is 5.35. The number of benzene rings is 2. The van der Waals surface area contributed by atoms with Gasteiger partial charge in [0.25, 0.3) is 5.56 Å². The average Bonchev–Trinajstić information content (AvgIpc) is 3.14. The fourth-order valence-electron chi connectivity index (χ4n) is 3.59. The predicted molar refractivity (Wildman–Crippen MR) is 119 cm³/mol. The molecule has 0 aliphatic heterocycles. The van der Waals surface area contributed by atoms with Crippen LogP contribution in [0.1, 0.15) is 24.4 Å². The van der Waals surface area contributed by atoms with Gasteiger partial charge in [-0.3, -0.25) is 9.59 Å². The summed E-state index contributed by atoms with van der Waals surface area (Å²) in [4.78, 5) is 26.0. The first-order chi connectivity index (χ1) is 14.9. The second-order valence-electron chi connectivity index (χ2n) is 7.29. The molecule has 1 amide bonds. The summed E-state index contributed by atoms with van der Waals surface area (Å²) in [6.07, 6.45) is 0. The number of hydrogen-bond donors (Lipinski definition) is 1. The first-order valence-corrected chi connectivity index (χ1v) is 9.89. The minimum atomic E-state index is -0.830. The standard InChI is InChI=1S/C23H23N5O3/c1-14-20-15(2)27(18-10-6-5-7-11-18)26-21(20)23(30)28(25-14)16(3)22(29)24-17-9-8-12-19(13-17)31-4/h5-13,16H,1-4H3,(H,24,29). The largest absolute Gasteiger partial charge is 0.497 e. The molecule has 8 nitrogen and oxygen atoms in total. The summed E-state index contributed by atoms with van der Waals surface area (Å²) >= 11 is 0. The molecule has 0 radical (unpaired) electrons. The minimum Gasteiger partial charge on any atom is -0.497 e. The third kappa shape index (κ3) is 3.68. The maximum absolute atomic E-state index is 13.2. The van der Waals surface area contributed by atoms with E-state index in [0.29, 0.717) is 22.5 Å². The monoisotopic (exact) mass is 417 g/mol. The van der Waals surface area contributed by atoms with Gasteiger partial charge in [0.05, 0.1) is 29.6 Å². The summed E-state index contributed by atoms with van der Waals surface area (Å²) in [5.41, 5.74) is 2.76. The van der Waals surface area contributed by atoms with Crippen LogP contribution in [0, 0.1) is 13.8 Å². The number of methoxy groups -OCH3 is 1. The van der Waals surface area contributed by atoms with Gasteiger partial charge >= 0.3 is 0 Å². The number of amides is 1. The van der Waals surface area contributed by atoms with Crippen molar-refractivity contribution in [1.29, 1.82) is 0 Å². The zero-order valence-electron chi connectivity index (χ0n) is 17.8. The lowest BCUT2D eigenvalue weighted by Crippen LogP contribution is -2.34. The lowest BCUT2D eigenvalue weighted by atomic mass is 10.2. The molecule has 2 heterocycles. The van der Waals surface area contributed by atoms with Crippen molar-refractivity contribution in [2.75, 3.05) is 12.4 Å². The van der Waals surface area contributed by atoms with Crippen molar-refractivity contribution in [2.24, 2.45) is 0 Å². The van der Waals surface area contributed by atoms with Crippen LogP contribution in [0.15, 0.2) is 59.4 Å². The molecule has 2 aromatic heterocycles. The summed E-state index contributed by atoms with van der Waals surface area (Å²) in [5, 5.41) is 12.5. The molecule has 1 atom stereocenters.